The maximum atomic E-state index is 12.3. The van der Waals surface area contributed by atoms with E-state index in [2.05, 4.69) is 28.8 Å². The first-order valence-corrected chi connectivity index (χ1v) is 6.86. The van der Waals surface area contributed by atoms with Crippen LogP contribution in [0.3, 0.4) is 0 Å². The minimum absolute atomic E-state index is 0.0445. The number of imidazole rings is 1. The first-order valence-electron chi connectivity index (χ1n) is 6.86. The summed E-state index contributed by atoms with van der Waals surface area (Å²) < 4.78 is 1.92. The lowest BCUT2D eigenvalue weighted by molar-refractivity contribution is 0.0933. The van der Waals surface area contributed by atoms with Crippen LogP contribution in [0.4, 0.5) is 0 Å². The molecule has 0 bridgehead atoms. The molecule has 0 radical (unpaired) electrons. The Morgan fingerprint density at radius 1 is 1.50 bits per heavy atom. The molecule has 0 spiro atoms. The maximum absolute atomic E-state index is 12.3. The summed E-state index contributed by atoms with van der Waals surface area (Å²) in [7, 11) is 3.98. The van der Waals surface area contributed by atoms with Gasteiger partial charge in [-0.3, -0.25) is 4.79 Å². The highest BCUT2D eigenvalue weighted by Crippen LogP contribution is 2.18. The fourth-order valence-corrected chi connectivity index (χ4v) is 2.43. The molecule has 108 valence electrons. The molecule has 5 nitrogen and oxygen atoms in total. The van der Waals surface area contributed by atoms with Gasteiger partial charge in [0.2, 0.25) is 0 Å². The number of carbonyl (C=O) groups is 1. The maximum Gasteiger partial charge on any atom is 0.287 e. The van der Waals surface area contributed by atoms with Gasteiger partial charge in [0.25, 0.3) is 5.91 Å². The summed E-state index contributed by atoms with van der Waals surface area (Å²) in [4.78, 5) is 19.0. The largest absolute Gasteiger partial charge is 0.343 e. The highest BCUT2D eigenvalue weighted by Gasteiger charge is 2.24. The van der Waals surface area contributed by atoms with E-state index in [9.17, 15) is 4.79 Å². The molecule has 1 aromatic rings. The first-order chi connectivity index (χ1) is 9.52. The number of likely N-dealkylation sites (N-methyl/N-ethyl adjacent to an activating group) is 1. The molecule has 2 heterocycles. The highest BCUT2D eigenvalue weighted by atomic mass is 16.2. The molecule has 1 unspecified atom stereocenters. The molecule has 1 atom stereocenters. The predicted octanol–water partition coefficient (Wildman–Crippen LogP) is 1.27. The van der Waals surface area contributed by atoms with Crippen LogP contribution in [-0.4, -0.2) is 40.0 Å². The number of amides is 1. The molecule has 5 heteroatoms. The van der Waals surface area contributed by atoms with Crippen LogP contribution in [0, 0.1) is 0 Å². The number of hydrogen-bond donors (Lipinski definition) is 1. The van der Waals surface area contributed by atoms with Gasteiger partial charge < -0.3 is 14.8 Å². The molecule has 1 N–H and O–H groups in total. The Kier molecular flexibility index (Phi) is 4.39. The quantitative estimate of drug-likeness (QED) is 0.841. The van der Waals surface area contributed by atoms with Crippen LogP contribution >= 0.6 is 0 Å². The van der Waals surface area contributed by atoms with Gasteiger partial charge in [0.1, 0.15) is 0 Å². The number of nitrogens with one attached hydrogen (secondary N) is 1. The van der Waals surface area contributed by atoms with Crippen LogP contribution in [-0.2, 0) is 20.0 Å². The van der Waals surface area contributed by atoms with Crippen molar-refractivity contribution in [2.45, 2.75) is 25.9 Å². The summed E-state index contributed by atoms with van der Waals surface area (Å²) in [5.41, 5.74) is 2.18. The van der Waals surface area contributed by atoms with Crippen molar-refractivity contribution in [1.82, 2.24) is 19.8 Å². The average molecular weight is 274 g/mol. The van der Waals surface area contributed by atoms with Crippen molar-refractivity contribution in [3.05, 3.63) is 42.0 Å². The number of allylic oxidation sites excluding steroid dienone is 2. The lowest BCUT2D eigenvalue weighted by Crippen LogP contribution is -2.33. The zero-order valence-corrected chi connectivity index (χ0v) is 12.4. The molecule has 1 amide bonds. The molecule has 2 rings (SSSR count). The molecule has 20 heavy (non-hydrogen) atoms. The van der Waals surface area contributed by atoms with Gasteiger partial charge in [-0.25, -0.2) is 4.98 Å². The zero-order valence-electron chi connectivity index (χ0n) is 12.4. The van der Waals surface area contributed by atoms with Gasteiger partial charge in [-0.1, -0.05) is 24.8 Å². The van der Waals surface area contributed by atoms with E-state index in [4.69, 9.17) is 0 Å². The van der Waals surface area contributed by atoms with Gasteiger partial charge in [-0.2, -0.15) is 0 Å². The van der Waals surface area contributed by atoms with Gasteiger partial charge in [-0.05, 0) is 14.0 Å². The number of nitrogens with zero attached hydrogens (tertiary/aromatic N) is 3. The lowest BCUT2D eigenvalue weighted by atomic mass is 10.1. The molecule has 0 aliphatic carbocycles. The zero-order chi connectivity index (χ0) is 14.7. The second-order valence-corrected chi connectivity index (χ2v) is 5.26. The van der Waals surface area contributed by atoms with Crippen molar-refractivity contribution in [2.24, 2.45) is 7.05 Å². The molecular weight excluding hydrogens is 252 g/mol. The smallest absolute Gasteiger partial charge is 0.287 e. The minimum Gasteiger partial charge on any atom is -0.343 e. The Morgan fingerprint density at radius 2 is 2.25 bits per heavy atom. The normalized spacial score (nSPS) is 16.9. The van der Waals surface area contributed by atoms with E-state index < -0.39 is 0 Å². The van der Waals surface area contributed by atoms with Crippen LogP contribution < -0.4 is 5.32 Å². The monoisotopic (exact) mass is 274 g/mol. The van der Waals surface area contributed by atoms with Crippen molar-refractivity contribution in [1.29, 1.82) is 0 Å². The van der Waals surface area contributed by atoms with Gasteiger partial charge >= 0.3 is 0 Å². The van der Waals surface area contributed by atoms with Gasteiger partial charge in [-0.15, -0.1) is 0 Å². The van der Waals surface area contributed by atoms with E-state index in [-0.39, 0.29) is 11.9 Å². The highest BCUT2D eigenvalue weighted by molar-refractivity contribution is 5.91. The molecule has 0 aromatic carbocycles. The third kappa shape index (κ3) is 2.99. The van der Waals surface area contributed by atoms with Crippen molar-refractivity contribution in [2.75, 3.05) is 13.6 Å². The molecule has 1 aliphatic rings. The van der Waals surface area contributed by atoms with Gasteiger partial charge in [0.15, 0.2) is 5.82 Å². The minimum atomic E-state index is -0.134. The summed E-state index contributed by atoms with van der Waals surface area (Å²) >= 11 is 0. The van der Waals surface area contributed by atoms with Crippen LogP contribution in [0.25, 0.3) is 0 Å². The average Bonchev–Trinajstić information content (AvgIpc) is 2.73. The molecular formula is C15H22N4O. The molecule has 0 saturated carbocycles. The van der Waals surface area contributed by atoms with Crippen LogP contribution in [0.1, 0.15) is 28.9 Å². The van der Waals surface area contributed by atoms with Crippen molar-refractivity contribution < 1.29 is 4.79 Å². The summed E-state index contributed by atoms with van der Waals surface area (Å²) in [5.74, 6) is 0.356. The second-order valence-electron chi connectivity index (χ2n) is 5.26. The third-order valence-corrected chi connectivity index (χ3v) is 3.54. The number of rotatable bonds is 4. The predicted molar refractivity (Wildman–Crippen MR) is 79.5 cm³/mol. The van der Waals surface area contributed by atoms with E-state index >= 15 is 0 Å². The van der Waals surface area contributed by atoms with Gasteiger partial charge in [0, 0.05) is 38.3 Å². The van der Waals surface area contributed by atoms with Crippen molar-refractivity contribution >= 4 is 5.91 Å². The topological polar surface area (TPSA) is 50.2 Å². The Bertz CT molecular complexity index is 544. The Hall–Kier alpha value is -1.88. The number of aromatic nitrogens is 2. The standard InChI is InChI=1S/C15H22N4O/c1-5-6-7-11(2)16-15(20)14-17-12-10-18(3)9-8-13(12)19(14)4/h5-7,11H,1,8-10H2,2-4H3,(H,16,20)/b7-6-. The van der Waals surface area contributed by atoms with Gasteiger partial charge in [0.05, 0.1) is 5.69 Å². The number of fused-ring (bicyclic) bond motifs is 1. The molecule has 0 saturated heterocycles. The summed E-state index contributed by atoms with van der Waals surface area (Å²) in [5, 5.41) is 2.92. The van der Waals surface area contributed by atoms with Crippen molar-refractivity contribution in [3.8, 4) is 0 Å². The fourth-order valence-electron chi connectivity index (χ4n) is 2.43. The summed E-state index contributed by atoms with van der Waals surface area (Å²) in [6, 6.07) is -0.0445. The van der Waals surface area contributed by atoms with Crippen LogP contribution in [0.15, 0.2) is 24.8 Å². The Morgan fingerprint density at radius 3 is 2.95 bits per heavy atom. The van der Waals surface area contributed by atoms with E-state index in [1.54, 1.807) is 6.08 Å². The van der Waals surface area contributed by atoms with Crippen molar-refractivity contribution in [3.63, 3.8) is 0 Å². The second kappa shape index (κ2) is 6.05. The molecule has 1 aliphatic heterocycles. The molecule has 1 aromatic heterocycles. The fraction of sp³-hybridized carbons (Fsp3) is 0.467. The number of carbonyl (C=O) groups excluding carboxylic acids is 1. The van der Waals surface area contributed by atoms with E-state index in [1.165, 1.54) is 5.69 Å². The van der Waals surface area contributed by atoms with E-state index in [0.29, 0.717) is 5.82 Å². The third-order valence-electron chi connectivity index (χ3n) is 3.54. The molecule has 0 fully saturated rings. The van der Waals surface area contributed by atoms with E-state index in [1.807, 2.05) is 30.7 Å². The van der Waals surface area contributed by atoms with E-state index in [0.717, 1.165) is 25.2 Å². The van der Waals surface area contributed by atoms with Crippen LogP contribution in [0.5, 0.6) is 0 Å². The first kappa shape index (κ1) is 14.5. The summed E-state index contributed by atoms with van der Waals surface area (Å²) in [6.45, 7) is 7.35. The Labute approximate surface area is 120 Å². The Balaban J connectivity index is 2.15. The SMILES string of the molecule is C=C/C=C\C(C)NC(=O)c1nc2c(n1C)CCN(C)C2. The number of hydrogen-bond acceptors (Lipinski definition) is 3. The summed E-state index contributed by atoms with van der Waals surface area (Å²) in [6.07, 6.45) is 6.34. The van der Waals surface area contributed by atoms with Crippen LogP contribution in [0.2, 0.25) is 0 Å². The lowest BCUT2D eigenvalue weighted by Gasteiger charge is -2.21.